The van der Waals surface area contributed by atoms with Gasteiger partial charge in [0.1, 0.15) is 0 Å². The van der Waals surface area contributed by atoms with E-state index >= 15 is 0 Å². The topological polar surface area (TPSA) is 62.7 Å². The van der Waals surface area contributed by atoms with Crippen molar-refractivity contribution in [1.82, 2.24) is 15.2 Å². The van der Waals surface area contributed by atoms with Gasteiger partial charge in [0.2, 0.25) is 5.95 Å². The molecular weight excluding hydrogens is 345 g/mol. The average Bonchev–Trinajstić information content (AvgIpc) is 2.57. The van der Waals surface area contributed by atoms with Crippen LogP contribution in [-0.2, 0) is 6.54 Å². The van der Waals surface area contributed by atoms with E-state index < -0.39 is 0 Å². The number of nitrogens with one attached hydrogen (secondary N) is 2. The summed E-state index contributed by atoms with van der Waals surface area (Å²) in [6.07, 6.45) is 1.53. The van der Waals surface area contributed by atoms with Crippen LogP contribution in [0, 0.1) is 6.92 Å². The van der Waals surface area contributed by atoms with Gasteiger partial charge in [-0.15, -0.1) is 5.10 Å². The highest BCUT2D eigenvalue weighted by molar-refractivity contribution is 6.36. The molecule has 0 atom stereocenters. The fourth-order valence-electron chi connectivity index (χ4n) is 2.05. The monoisotopic (exact) mass is 359 g/mol. The molecule has 0 amide bonds. The van der Waals surface area contributed by atoms with Crippen LogP contribution in [0.5, 0.6) is 0 Å². The minimum atomic E-state index is 0.436. The summed E-state index contributed by atoms with van der Waals surface area (Å²) in [5.41, 5.74) is 3.07. The third-order valence-corrected chi connectivity index (χ3v) is 3.87. The lowest BCUT2D eigenvalue weighted by molar-refractivity contribution is 0.948. The Morgan fingerprint density at radius 1 is 1.04 bits per heavy atom. The number of aryl methyl sites for hydroxylation is 1. The van der Waals surface area contributed by atoms with Crippen molar-refractivity contribution in [2.75, 3.05) is 10.6 Å². The maximum absolute atomic E-state index is 6.15. The Labute approximate surface area is 150 Å². The van der Waals surface area contributed by atoms with E-state index in [1.54, 1.807) is 18.2 Å². The van der Waals surface area contributed by atoms with Gasteiger partial charge in [-0.1, -0.05) is 53.0 Å². The quantitative estimate of drug-likeness (QED) is 0.682. The van der Waals surface area contributed by atoms with Crippen LogP contribution in [0.4, 0.5) is 17.5 Å². The van der Waals surface area contributed by atoms with Gasteiger partial charge in [0.15, 0.2) is 5.82 Å². The molecule has 3 rings (SSSR count). The van der Waals surface area contributed by atoms with Gasteiger partial charge in [-0.05, 0) is 30.7 Å². The highest BCUT2D eigenvalue weighted by atomic mass is 35.5. The van der Waals surface area contributed by atoms with E-state index in [4.69, 9.17) is 23.2 Å². The smallest absolute Gasteiger partial charge is 0.244 e. The van der Waals surface area contributed by atoms with Crippen LogP contribution in [0.3, 0.4) is 0 Å². The molecule has 5 nitrogen and oxygen atoms in total. The third-order valence-electron chi connectivity index (χ3n) is 3.32. The van der Waals surface area contributed by atoms with Crippen molar-refractivity contribution < 1.29 is 0 Å². The summed E-state index contributed by atoms with van der Waals surface area (Å²) in [7, 11) is 0. The highest BCUT2D eigenvalue weighted by Gasteiger charge is 2.05. The molecule has 1 aromatic heterocycles. The van der Waals surface area contributed by atoms with Crippen molar-refractivity contribution in [3.05, 3.63) is 69.8 Å². The molecule has 0 fully saturated rings. The Hall–Kier alpha value is -2.37. The standard InChI is InChI=1S/C17H15Cl2N5/c1-11-2-4-12(5-3-11)9-20-17-23-16(10-21-24-17)22-15-7-6-13(18)8-14(15)19/h2-8,10H,9H2,1H3,(H2,20,22,23,24). The first-order valence-corrected chi connectivity index (χ1v) is 8.07. The van der Waals surface area contributed by atoms with Crippen molar-refractivity contribution >= 4 is 40.7 Å². The second kappa shape index (κ2) is 7.47. The Morgan fingerprint density at radius 3 is 2.58 bits per heavy atom. The molecule has 24 heavy (non-hydrogen) atoms. The van der Waals surface area contributed by atoms with E-state index in [0.29, 0.717) is 34.0 Å². The van der Waals surface area contributed by atoms with Crippen LogP contribution in [0.2, 0.25) is 10.0 Å². The van der Waals surface area contributed by atoms with Gasteiger partial charge in [-0.25, -0.2) is 0 Å². The SMILES string of the molecule is Cc1ccc(CNc2nncc(Nc3ccc(Cl)cc3Cl)n2)cc1. The zero-order valence-corrected chi connectivity index (χ0v) is 14.4. The van der Waals surface area contributed by atoms with Gasteiger partial charge in [-0.2, -0.15) is 10.1 Å². The second-order valence-corrected chi connectivity index (χ2v) is 6.10. The van der Waals surface area contributed by atoms with E-state index in [2.05, 4.69) is 57.0 Å². The summed E-state index contributed by atoms with van der Waals surface area (Å²) in [5, 5.41) is 15.3. The minimum Gasteiger partial charge on any atom is -0.349 e. The van der Waals surface area contributed by atoms with Crippen LogP contribution in [0.25, 0.3) is 0 Å². The fourth-order valence-corrected chi connectivity index (χ4v) is 2.51. The first-order chi connectivity index (χ1) is 11.6. The lowest BCUT2D eigenvalue weighted by atomic mass is 10.1. The molecule has 0 radical (unpaired) electrons. The predicted molar refractivity (Wildman–Crippen MR) is 98.1 cm³/mol. The zero-order valence-electron chi connectivity index (χ0n) is 12.9. The molecule has 0 spiro atoms. The van der Waals surface area contributed by atoms with Crippen LogP contribution >= 0.6 is 23.2 Å². The lowest BCUT2D eigenvalue weighted by Gasteiger charge is -2.09. The number of benzene rings is 2. The summed E-state index contributed by atoms with van der Waals surface area (Å²) < 4.78 is 0. The third kappa shape index (κ3) is 4.34. The predicted octanol–water partition coefficient (Wildman–Crippen LogP) is 4.84. The Balaban J connectivity index is 1.68. The number of halogens is 2. The number of nitrogens with zero attached hydrogens (tertiary/aromatic N) is 3. The highest BCUT2D eigenvalue weighted by Crippen LogP contribution is 2.27. The molecule has 2 aromatic carbocycles. The van der Waals surface area contributed by atoms with Gasteiger partial charge in [0, 0.05) is 11.6 Å². The van der Waals surface area contributed by atoms with Gasteiger partial charge >= 0.3 is 0 Å². The average molecular weight is 360 g/mol. The minimum absolute atomic E-state index is 0.436. The molecule has 0 bridgehead atoms. The lowest BCUT2D eigenvalue weighted by Crippen LogP contribution is -2.06. The van der Waals surface area contributed by atoms with Crippen molar-refractivity contribution in [3.63, 3.8) is 0 Å². The first-order valence-electron chi connectivity index (χ1n) is 7.31. The van der Waals surface area contributed by atoms with Gasteiger partial charge in [0.25, 0.3) is 0 Å². The Bertz CT molecular complexity index is 837. The van der Waals surface area contributed by atoms with Crippen molar-refractivity contribution in [2.45, 2.75) is 13.5 Å². The van der Waals surface area contributed by atoms with E-state index in [0.717, 1.165) is 5.56 Å². The van der Waals surface area contributed by atoms with Crippen molar-refractivity contribution in [2.24, 2.45) is 0 Å². The van der Waals surface area contributed by atoms with Gasteiger partial charge in [-0.3, -0.25) is 0 Å². The Morgan fingerprint density at radius 2 is 1.83 bits per heavy atom. The van der Waals surface area contributed by atoms with Gasteiger partial charge in [0.05, 0.1) is 16.9 Å². The van der Waals surface area contributed by atoms with Crippen LogP contribution in [0.1, 0.15) is 11.1 Å². The summed E-state index contributed by atoms with van der Waals surface area (Å²) in [6, 6.07) is 13.5. The molecule has 0 saturated carbocycles. The number of aromatic nitrogens is 3. The van der Waals surface area contributed by atoms with Crippen LogP contribution < -0.4 is 10.6 Å². The largest absolute Gasteiger partial charge is 0.349 e. The maximum Gasteiger partial charge on any atom is 0.244 e. The summed E-state index contributed by atoms with van der Waals surface area (Å²) in [4.78, 5) is 4.38. The number of rotatable bonds is 5. The molecule has 0 unspecified atom stereocenters. The van der Waals surface area contributed by atoms with Crippen molar-refractivity contribution in [3.8, 4) is 0 Å². The molecule has 0 aliphatic rings. The van der Waals surface area contributed by atoms with Gasteiger partial charge < -0.3 is 10.6 Å². The fraction of sp³-hybridized carbons (Fsp3) is 0.118. The molecule has 1 heterocycles. The summed E-state index contributed by atoms with van der Waals surface area (Å²) >= 11 is 12.0. The van der Waals surface area contributed by atoms with Crippen LogP contribution in [-0.4, -0.2) is 15.2 Å². The molecule has 0 aliphatic heterocycles. The first kappa shape index (κ1) is 16.5. The van der Waals surface area contributed by atoms with E-state index in [9.17, 15) is 0 Å². The second-order valence-electron chi connectivity index (χ2n) is 5.25. The molecule has 3 aromatic rings. The zero-order chi connectivity index (χ0) is 16.9. The van der Waals surface area contributed by atoms with Crippen molar-refractivity contribution in [1.29, 1.82) is 0 Å². The number of hydrogen-bond donors (Lipinski definition) is 2. The van der Waals surface area contributed by atoms with E-state index in [1.807, 2.05) is 0 Å². The van der Waals surface area contributed by atoms with E-state index in [1.165, 1.54) is 11.8 Å². The molecule has 2 N–H and O–H groups in total. The molecule has 122 valence electrons. The van der Waals surface area contributed by atoms with Crippen LogP contribution in [0.15, 0.2) is 48.7 Å². The van der Waals surface area contributed by atoms with E-state index in [-0.39, 0.29) is 0 Å². The number of hydrogen-bond acceptors (Lipinski definition) is 5. The maximum atomic E-state index is 6.15. The molecule has 0 saturated heterocycles. The normalized spacial score (nSPS) is 10.5. The summed E-state index contributed by atoms with van der Waals surface area (Å²) in [6.45, 7) is 2.67. The Kier molecular flexibility index (Phi) is 5.13. The molecule has 7 heteroatoms. The molecule has 0 aliphatic carbocycles. The summed E-state index contributed by atoms with van der Waals surface area (Å²) in [5.74, 6) is 0.978. The molecular formula is C17H15Cl2N5. The number of anilines is 3.